The van der Waals surface area contributed by atoms with Crippen molar-refractivity contribution in [1.29, 1.82) is 0 Å². The first kappa shape index (κ1) is 9.17. The molecule has 0 rings (SSSR count). The second kappa shape index (κ2) is 4.06. The second-order valence-corrected chi connectivity index (χ2v) is 2.20. The van der Waals surface area contributed by atoms with Gasteiger partial charge in [-0.05, 0) is 21.0 Å². The monoisotopic (exact) mass is 143 g/mol. The van der Waals surface area contributed by atoms with Gasteiger partial charge in [-0.2, -0.15) is 0 Å². The smallest absolute Gasteiger partial charge is 0.331 e. The van der Waals surface area contributed by atoms with Gasteiger partial charge in [0.15, 0.2) is 6.23 Å². The first-order valence-electron chi connectivity index (χ1n) is 3.07. The highest BCUT2D eigenvalue weighted by atomic mass is 16.6. The largest absolute Gasteiger partial charge is 0.444 e. The van der Waals surface area contributed by atoms with Crippen LogP contribution in [0.25, 0.3) is 0 Å². The van der Waals surface area contributed by atoms with Crippen molar-refractivity contribution in [1.82, 2.24) is 4.90 Å². The van der Waals surface area contributed by atoms with Gasteiger partial charge < -0.3 is 4.74 Å². The van der Waals surface area contributed by atoms with Crippen molar-refractivity contribution in [3.05, 3.63) is 12.7 Å². The number of hydrogen-bond donors (Lipinski definition) is 0. The zero-order chi connectivity index (χ0) is 8.15. The molecule has 0 saturated heterocycles. The number of esters is 1. The second-order valence-electron chi connectivity index (χ2n) is 2.20. The van der Waals surface area contributed by atoms with E-state index in [9.17, 15) is 4.79 Å². The third kappa shape index (κ3) is 3.25. The van der Waals surface area contributed by atoms with Gasteiger partial charge in [-0.25, -0.2) is 4.79 Å². The first-order valence-corrected chi connectivity index (χ1v) is 3.07. The highest BCUT2D eigenvalue weighted by Crippen LogP contribution is 1.94. The van der Waals surface area contributed by atoms with Gasteiger partial charge in [-0.1, -0.05) is 6.58 Å². The minimum atomic E-state index is -0.388. The van der Waals surface area contributed by atoms with Crippen molar-refractivity contribution in [3.63, 3.8) is 0 Å². The van der Waals surface area contributed by atoms with E-state index in [2.05, 4.69) is 6.58 Å². The average molecular weight is 143 g/mol. The average Bonchev–Trinajstić information content (AvgIpc) is 1.87. The standard InChI is InChI=1S/C7H13NO2/c1-5-7(9)10-6(2)8(3)4/h5-6H,1H2,2-4H3/t6-/m0/s1. The van der Waals surface area contributed by atoms with Crippen molar-refractivity contribution in [3.8, 4) is 0 Å². The minimum Gasteiger partial charge on any atom is -0.444 e. The number of carbonyl (C=O) groups is 1. The van der Waals surface area contributed by atoms with Crippen LogP contribution in [-0.4, -0.2) is 31.2 Å². The Morgan fingerprint density at radius 1 is 1.70 bits per heavy atom. The normalized spacial score (nSPS) is 12.8. The van der Waals surface area contributed by atoms with E-state index in [1.165, 1.54) is 0 Å². The van der Waals surface area contributed by atoms with E-state index in [-0.39, 0.29) is 12.2 Å². The maximum absolute atomic E-state index is 10.6. The van der Waals surface area contributed by atoms with Crippen LogP contribution in [-0.2, 0) is 9.53 Å². The third-order valence-corrected chi connectivity index (χ3v) is 1.18. The zero-order valence-corrected chi connectivity index (χ0v) is 6.63. The number of hydrogen-bond acceptors (Lipinski definition) is 3. The lowest BCUT2D eigenvalue weighted by molar-refractivity contribution is -0.149. The Kier molecular flexibility index (Phi) is 3.72. The number of ether oxygens (including phenoxy) is 1. The molecule has 58 valence electrons. The topological polar surface area (TPSA) is 29.5 Å². The summed E-state index contributed by atoms with van der Waals surface area (Å²) in [6.07, 6.45) is 0.963. The number of nitrogens with zero attached hydrogens (tertiary/aromatic N) is 1. The summed E-state index contributed by atoms with van der Waals surface area (Å²) in [5.41, 5.74) is 0. The number of rotatable bonds is 3. The summed E-state index contributed by atoms with van der Waals surface area (Å²) in [7, 11) is 3.67. The molecule has 0 saturated carbocycles. The fraction of sp³-hybridized carbons (Fsp3) is 0.571. The third-order valence-electron chi connectivity index (χ3n) is 1.18. The Balaban J connectivity index is 3.67. The lowest BCUT2D eigenvalue weighted by Crippen LogP contribution is -2.29. The molecule has 0 aromatic rings. The van der Waals surface area contributed by atoms with Gasteiger partial charge in [0, 0.05) is 6.08 Å². The van der Waals surface area contributed by atoms with Crippen LogP contribution in [0.15, 0.2) is 12.7 Å². The molecule has 0 radical (unpaired) electrons. The van der Waals surface area contributed by atoms with Crippen molar-refractivity contribution >= 4 is 5.97 Å². The summed E-state index contributed by atoms with van der Waals surface area (Å²) >= 11 is 0. The van der Waals surface area contributed by atoms with Crippen LogP contribution >= 0.6 is 0 Å². The fourth-order valence-electron chi connectivity index (χ4n) is 0.322. The van der Waals surface area contributed by atoms with E-state index in [0.717, 1.165) is 6.08 Å². The molecule has 0 aromatic carbocycles. The maximum atomic E-state index is 10.6. The molecule has 0 amide bonds. The van der Waals surface area contributed by atoms with Gasteiger partial charge >= 0.3 is 5.97 Å². The summed E-state index contributed by atoms with van der Waals surface area (Å²) in [5, 5.41) is 0. The first-order chi connectivity index (χ1) is 4.57. The van der Waals surface area contributed by atoms with E-state index in [0.29, 0.717) is 0 Å². The van der Waals surface area contributed by atoms with Crippen LogP contribution in [0.1, 0.15) is 6.92 Å². The van der Waals surface area contributed by atoms with Gasteiger partial charge in [0.2, 0.25) is 0 Å². The summed E-state index contributed by atoms with van der Waals surface area (Å²) in [4.78, 5) is 12.4. The summed E-state index contributed by atoms with van der Waals surface area (Å²) in [5.74, 6) is -0.388. The molecule has 3 heteroatoms. The molecule has 0 fully saturated rings. The molecule has 0 N–H and O–H groups in total. The zero-order valence-electron chi connectivity index (χ0n) is 6.63. The molecule has 0 bridgehead atoms. The Morgan fingerprint density at radius 3 is 2.50 bits per heavy atom. The molecule has 0 aromatic heterocycles. The Morgan fingerprint density at radius 2 is 2.20 bits per heavy atom. The maximum Gasteiger partial charge on any atom is 0.331 e. The van der Waals surface area contributed by atoms with Gasteiger partial charge in [-0.3, -0.25) is 4.90 Å². The van der Waals surface area contributed by atoms with E-state index >= 15 is 0 Å². The van der Waals surface area contributed by atoms with Crippen molar-refractivity contribution in [2.75, 3.05) is 14.1 Å². The molecular weight excluding hydrogens is 130 g/mol. The fourth-order valence-corrected chi connectivity index (χ4v) is 0.322. The summed E-state index contributed by atoms with van der Waals surface area (Å²) < 4.78 is 4.83. The molecule has 3 nitrogen and oxygen atoms in total. The highest BCUT2D eigenvalue weighted by molar-refractivity contribution is 5.81. The van der Waals surface area contributed by atoms with E-state index < -0.39 is 0 Å². The van der Waals surface area contributed by atoms with Crippen LogP contribution in [0.3, 0.4) is 0 Å². The van der Waals surface area contributed by atoms with E-state index in [4.69, 9.17) is 4.74 Å². The lowest BCUT2D eigenvalue weighted by atomic mass is 10.6. The van der Waals surface area contributed by atoms with Crippen LogP contribution in [0.5, 0.6) is 0 Å². The Hall–Kier alpha value is -0.830. The van der Waals surface area contributed by atoms with Crippen LogP contribution in [0.2, 0.25) is 0 Å². The van der Waals surface area contributed by atoms with Gasteiger partial charge in [0.1, 0.15) is 0 Å². The number of carbonyl (C=O) groups excluding carboxylic acids is 1. The molecule has 0 unspecified atom stereocenters. The molecule has 10 heavy (non-hydrogen) atoms. The molecule has 1 atom stereocenters. The van der Waals surface area contributed by atoms with Gasteiger partial charge in [0.05, 0.1) is 0 Å². The van der Waals surface area contributed by atoms with E-state index in [1.54, 1.807) is 11.8 Å². The lowest BCUT2D eigenvalue weighted by Gasteiger charge is -2.18. The van der Waals surface area contributed by atoms with Gasteiger partial charge in [-0.15, -0.1) is 0 Å². The molecular formula is C7H13NO2. The Labute approximate surface area is 61.3 Å². The van der Waals surface area contributed by atoms with E-state index in [1.807, 2.05) is 14.1 Å². The predicted molar refractivity (Wildman–Crippen MR) is 39.4 cm³/mol. The Bertz CT molecular complexity index is 132. The summed E-state index contributed by atoms with van der Waals surface area (Å²) in [6, 6.07) is 0. The minimum absolute atomic E-state index is 0.189. The van der Waals surface area contributed by atoms with Crippen molar-refractivity contribution in [2.45, 2.75) is 13.2 Å². The van der Waals surface area contributed by atoms with Crippen molar-refractivity contribution in [2.24, 2.45) is 0 Å². The molecule has 0 aliphatic heterocycles. The van der Waals surface area contributed by atoms with Gasteiger partial charge in [0.25, 0.3) is 0 Å². The molecule has 0 aliphatic carbocycles. The van der Waals surface area contributed by atoms with Crippen LogP contribution in [0, 0.1) is 0 Å². The van der Waals surface area contributed by atoms with Crippen LogP contribution in [0.4, 0.5) is 0 Å². The van der Waals surface area contributed by atoms with Crippen LogP contribution < -0.4 is 0 Å². The summed E-state index contributed by atoms with van der Waals surface area (Å²) in [6.45, 7) is 5.07. The highest BCUT2D eigenvalue weighted by Gasteiger charge is 2.06. The SMILES string of the molecule is C=CC(=O)O[C@@H](C)N(C)C. The molecule has 0 spiro atoms. The predicted octanol–water partition coefficient (Wildman–Crippen LogP) is 0.623. The van der Waals surface area contributed by atoms with Crippen molar-refractivity contribution < 1.29 is 9.53 Å². The molecule has 0 heterocycles. The quantitative estimate of drug-likeness (QED) is 0.329. The molecule has 0 aliphatic rings.